The van der Waals surface area contributed by atoms with E-state index >= 15 is 0 Å². The second-order valence-corrected chi connectivity index (χ2v) is 12.1. The minimum absolute atomic E-state index is 0. The lowest BCUT2D eigenvalue weighted by Crippen LogP contribution is -2.50. The zero-order valence-electron chi connectivity index (χ0n) is 26.9. The summed E-state index contributed by atoms with van der Waals surface area (Å²) < 4.78 is 5.48. The first-order valence-electron chi connectivity index (χ1n) is 16.1. The molecular formula is C37H41Cl2N5O5. The number of anilines is 1. The maximum Gasteiger partial charge on any atom is 0.253 e. The van der Waals surface area contributed by atoms with Gasteiger partial charge >= 0.3 is 0 Å². The van der Waals surface area contributed by atoms with Crippen LogP contribution in [0.3, 0.4) is 0 Å². The van der Waals surface area contributed by atoms with Crippen LogP contribution in [0.15, 0.2) is 97.1 Å². The zero-order valence-corrected chi connectivity index (χ0v) is 28.5. The Labute approximate surface area is 296 Å². The van der Waals surface area contributed by atoms with Crippen LogP contribution in [0.5, 0.6) is 0 Å². The average molecular weight is 707 g/mol. The lowest BCUT2D eigenvalue weighted by atomic mass is 10.0. The lowest BCUT2D eigenvalue weighted by molar-refractivity contribution is -0.129. The maximum absolute atomic E-state index is 13.4. The number of carbonyl (C=O) groups is 4. The second-order valence-electron chi connectivity index (χ2n) is 11.7. The number of halogens is 2. The quantitative estimate of drug-likeness (QED) is 0.0864. The van der Waals surface area contributed by atoms with Gasteiger partial charge in [0.2, 0.25) is 11.8 Å². The molecule has 6 N–H and O–H groups in total. The van der Waals surface area contributed by atoms with Gasteiger partial charge in [-0.3, -0.25) is 19.2 Å². The normalized spacial score (nSPS) is 16.0. The Morgan fingerprint density at radius 1 is 0.714 bits per heavy atom. The first kappa shape index (κ1) is 37.3. The van der Waals surface area contributed by atoms with Gasteiger partial charge in [0.25, 0.3) is 11.8 Å². The number of epoxide rings is 1. The van der Waals surface area contributed by atoms with Gasteiger partial charge in [0.1, 0.15) is 12.1 Å². The largest absolute Gasteiger partial charge is 0.354 e. The predicted octanol–water partition coefficient (Wildman–Crippen LogP) is 4.32. The van der Waals surface area contributed by atoms with Crippen LogP contribution in [0, 0.1) is 0 Å². The molecule has 4 atom stereocenters. The minimum atomic E-state index is -1.09. The Balaban J connectivity index is 0.00000541. The number of ether oxygens (including phenoxy) is 1. The van der Waals surface area contributed by atoms with E-state index in [0.29, 0.717) is 49.5 Å². The van der Waals surface area contributed by atoms with Gasteiger partial charge < -0.3 is 31.7 Å². The first-order chi connectivity index (χ1) is 23.3. The number of nitrogens with one attached hydrogen (secondary N) is 4. The number of hydrogen-bond acceptors (Lipinski definition) is 6. The number of amides is 4. The highest BCUT2D eigenvalue weighted by atomic mass is 35.5. The van der Waals surface area contributed by atoms with Crippen LogP contribution in [0.25, 0.3) is 10.8 Å². The van der Waals surface area contributed by atoms with E-state index in [1.54, 1.807) is 12.1 Å². The van der Waals surface area contributed by atoms with E-state index in [-0.39, 0.29) is 24.7 Å². The number of hydrogen-bond donors (Lipinski definition) is 5. The van der Waals surface area contributed by atoms with Gasteiger partial charge in [-0.15, -0.1) is 12.4 Å². The molecule has 1 fully saturated rings. The fourth-order valence-electron chi connectivity index (χ4n) is 5.53. The number of unbranched alkanes of at least 4 members (excludes halogenated alkanes) is 1. The van der Waals surface area contributed by atoms with Crippen molar-refractivity contribution in [1.82, 2.24) is 16.0 Å². The molecule has 0 bridgehead atoms. The molecule has 4 aromatic carbocycles. The number of benzene rings is 4. The monoisotopic (exact) mass is 705 g/mol. The Morgan fingerprint density at radius 2 is 1.31 bits per heavy atom. The van der Waals surface area contributed by atoms with E-state index in [9.17, 15) is 19.2 Å². The number of rotatable bonds is 16. The van der Waals surface area contributed by atoms with Gasteiger partial charge in [-0.1, -0.05) is 96.5 Å². The van der Waals surface area contributed by atoms with Crippen LogP contribution >= 0.6 is 24.0 Å². The lowest BCUT2D eigenvalue weighted by Gasteiger charge is -2.19. The number of carbonyl (C=O) groups excluding carboxylic acids is 4. The summed E-state index contributed by atoms with van der Waals surface area (Å²) in [5, 5.41) is 13.5. The average Bonchev–Trinajstić information content (AvgIpc) is 3.91. The predicted molar refractivity (Wildman–Crippen MR) is 194 cm³/mol. The van der Waals surface area contributed by atoms with Crippen molar-refractivity contribution in [1.29, 1.82) is 0 Å². The topological polar surface area (TPSA) is 155 Å². The molecule has 4 aromatic rings. The molecular weight excluding hydrogens is 665 g/mol. The number of fused-ring (bicyclic) bond motifs is 1. The fourth-order valence-corrected chi connectivity index (χ4v) is 5.76. The van der Waals surface area contributed by atoms with Crippen molar-refractivity contribution in [3.8, 4) is 0 Å². The third-order valence-electron chi connectivity index (χ3n) is 8.19. The highest BCUT2D eigenvalue weighted by molar-refractivity contribution is 6.36. The van der Waals surface area contributed by atoms with E-state index in [1.807, 2.05) is 84.9 Å². The molecule has 0 aliphatic carbocycles. The summed E-state index contributed by atoms with van der Waals surface area (Å²) in [4.78, 5) is 53.2. The molecule has 1 saturated heterocycles. The molecule has 0 saturated carbocycles. The summed E-state index contributed by atoms with van der Waals surface area (Å²) in [6.07, 6.45) is 0.332. The van der Waals surface area contributed by atoms with Crippen LogP contribution in [0.4, 0.5) is 5.69 Å². The summed E-state index contributed by atoms with van der Waals surface area (Å²) >= 11 is 6.35. The van der Waals surface area contributed by atoms with Crippen molar-refractivity contribution in [2.45, 2.75) is 56.4 Å². The highest BCUT2D eigenvalue weighted by Crippen LogP contribution is 2.30. The van der Waals surface area contributed by atoms with E-state index in [4.69, 9.17) is 22.1 Å². The molecule has 12 heteroatoms. The van der Waals surface area contributed by atoms with Crippen LogP contribution in [0.2, 0.25) is 5.02 Å². The smallest absolute Gasteiger partial charge is 0.253 e. The first-order valence-corrected chi connectivity index (χ1v) is 16.5. The summed E-state index contributed by atoms with van der Waals surface area (Å²) in [7, 11) is 0. The molecule has 1 aliphatic heterocycles. The van der Waals surface area contributed by atoms with Crippen molar-refractivity contribution in [2.75, 3.05) is 18.4 Å². The molecule has 4 amide bonds. The molecule has 2 unspecified atom stereocenters. The van der Waals surface area contributed by atoms with Gasteiger partial charge in [-0.05, 0) is 55.5 Å². The molecule has 5 rings (SSSR count). The molecule has 1 aliphatic rings. The molecule has 1 heterocycles. The van der Waals surface area contributed by atoms with Gasteiger partial charge in [-0.25, -0.2) is 0 Å². The van der Waals surface area contributed by atoms with Crippen LogP contribution in [0.1, 0.15) is 30.4 Å². The van der Waals surface area contributed by atoms with Gasteiger partial charge in [0.15, 0.2) is 12.2 Å². The van der Waals surface area contributed by atoms with Crippen molar-refractivity contribution >= 4 is 64.1 Å². The van der Waals surface area contributed by atoms with Crippen molar-refractivity contribution in [2.24, 2.45) is 5.73 Å². The second kappa shape index (κ2) is 18.3. The van der Waals surface area contributed by atoms with Gasteiger partial charge in [0.05, 0.1) is 0 Å². The Hall–Kier alpha value is -4.48. The zero-order chi connectivity index (χ0) is 33.9. The standard InChI is InChI=1S/C37H40ClN5O5.ClH/c38-28-18-19-29(27-16-8-7-15-26(27)28)41-35(45)30(17-9-10-21-39)42-36(46)32-33(48-32)37(47)43-31(23-25-13-5-2-6-14-25)34(44)40-22-20-24-11-3-1-4-12-24;/h1-8,11-16,18-19,30-33H,9-10,17,20-23,39H2,(H,40,44)(H,41,45)(H,42,46)(H,43,47);1H/t30-,31-,32?,33?;/m0./s1. The third kappa shape index (κ3) is 10.5. The molecule has 0 radical (unpaired) electrons. The third-order valence-corrected chi connectivity index (χ3v) is 8.52. The van der Waals surface area contributed by atoms with Crippen LogP contribution < -0.4 is 27.0 Å². The highest BCUT2D eigenvalue weighted by Gasteiger charge is 2.51. The van der Waals surface area contributed by atoms with E-state index in [0.717, 1.165) is 21.9 Å². The molecule has 10 nitrogen and oxygen atoms in total. The Kier molecular flexibility index (Phi) is 14.0. The van der Waals surface area contributed by atoms with Crippen LogP contribution in [-0.2, 0) is 36.8 Å². The molecule has 49 heavy (non-hydrogen) atoms. The Morgan fingerprint density at radius 3 is 1.96 bits per heavy atom. The fraction of sp³-hybridized carbons (Fsp3) is 0.297. The van der Waals surface area contributed by atoms with Crippen molar-refractivity contribution in [3.63, 3.8) is 0 Å². The van der Waals surface area contributed by atoms with Gasteiger partial charge in [-0.2, -0.15) is 0 Å². The Bertz CT molecular complexity index is 1730. The summed E-state index contributed by atoms with van der Waals surface area (Å²) in [6.45, 7) is 0.844. The van der Waals surface area contributed by atoms with Crippen LogP contribution in [-0.4, -0.2) is 61.0 Å². The molecule has 0 spiro atoms. The molecule has 0 aromatic heterocycles. The van der Waals surface area contributed by atoms with Gasteiger partial charge in [0, 0.05) is 34.4 Å². The maximum atomic E-state index is 13.4. The van der Waals surface area contributed by atoms with Crippen molar-refractivity contribution in [3.05, 3.63) is 113 Å². The summed E-state index contributed by atoms with van der Waals surface area (Å²) in [6, 6.07) is 28.2. The van der Waals surface area contributed by atoms with E-state index in [2.05, 4.69) is 21.3 Å². The minimum Gasteiger partial charge on any atom is -0.354 e. The van der Waals surface area contributed by atoms with E-state index in [1.165, 1.54) is 0 Å². The number of nitrogens with two attached hydrogens (primary N) is 1. The summed E-state index contributed by atoms with van der Waals surface area (Å²) in [5.74, 6) is -1.91. The molecule has 258 valence electrons. The summed E-state index contributed by atoms with van der Waals surface area (Å²) in [5.41, 5.74) is 8.18. The van der Waals surface area contributed by atoms with E-state index < -0.39 is 42.0 Å². The van der Waals surface area contributed by atoms with Crippen molar-refractivity contribution < 1.29 is 23.9 Å². The SMILES string of the molecule is Cl.NCCCC[C@H](NC(=O)C1OC1C(=O)N[C@@H](Cc1ccccc1)C(=O)NCCc1ccccc1)C(=O)Nc1ccc(Cl)c2ccccc12.